The van der Waals surface area contributed by atoms with Crippen LogP contribution in [0.4, 0.5) is 10.8 Å². The van der Waals surface area contributed by atoms with E-state index in [2.05, 4.69) is 39.5 Å². The van der Waals surface area contributed by atoms with Crippen LogP contribution in [0.3, 0.4) is 0 Å². The fourth-order valence-electron chi connectivity index (χ4n) is 4.03. The van der Waals surface area contributed by atoms with Crippen molar-refractivity contribution in [2.75, 3.05) is 18.0 Å². The van der Waals surface area contributed by atoms with E-state index in [1.165, 1.54) is 29.9 Å². The Labute approximate surface area is 198 Å². The molecule has 2 amide bonds. The average Bonchev–Trinajstić information content (AvgIpc) is 3.27. The topological polar surface area (TPSA) is 65.5 Å². The fourth-order valence-corrected chi connectivity index (χ4v) is 4.88. The number of amides is 2. The standard InChI is InChI=1S/C26H28N4O2S/c1-20(31)30(24-12-6-3-7-13-24)26-28-23(19-33-26)14-15-25(32)27-22-11-8-16-29(18-22)17-21-9-4-2-5-10-21/h2-7,9-10,12-15,19,22H,8,11,16-18H2,1H3,(H,27,32)/b15-14+. The van der Waals surface area contributed by atoms with Crippen LogP contribution in [-0.4, -0.2) is 40.8 Å². The Morgan fingerprint density at radius 2 is 1.88 bits per heavy atom. The maximum Gasteiger partial charge on any atom is 0.244 e. The first-order valence-electron chi connectivity index (χ1n) is 11.1. The zero-order valence-electron chi connectivity index (χ0n) is 18.7. The van der Waals surface area contributed by atoms with Crippen molar-refractivity contribution in [2.24, 2.45) is 0 Å². The molecule has 4 rings (SSSR count). The molecule has 1 aromatic heterocycles. The summed E-state index contributed by atoms with van der Waals surface area (Å²) in [5.74, 6) is -0.233. The molecule has 1 aliphatic heterocycles. The highest BCUT2D eigenvalue weighted by atomic mass is 32.1. The molecular weight excluding hydrogens is 432 g/mol. The Hall–Kier alpha value is -3.29. The Kier molecular flexibility index (Phi) is 7.65. The number of aromatic nitrogens is 1. The molecule has 1 unspecified atom stereocenters. The SMILES string of the molecule is CC(=O)N(c1ccccc1)c1nc(/C=C/C(=O)NC2CCCN(Cc3ccccc3)C2)cs1. The molecule has 1 saturated heterocycles. The number of rotatable bonds is 7. The average molecular weight is 461 g/mol. The van der Waals surface area contributed by atoms with Crippen LogP contribution < -0.4 is 10.2 Å². The third-order valence-corrected chi connectivity index (χ3v) is 6.38. The minimum absolute atomic E-state index is 0.110. The molecule has 33 heavy (non-hydrogen) atoms. The van der Waals surface area contributed by atoms with E-state index in [9.17, 15) is 9.59 Å². The van der Waals surface area contributed by atoms with Crippen molar-refractivity contribution in [3.05, 3.63) is 83.4 Å². The highest BCUT2D eigenvalue weighted by Crippen LogP contribution is 2.29. The van der Waals surface area contributed by atoms with Gasteiger partial charge in [0.2, 0.25) is 11.8 Å². The molecule has 0 aliphatic carbocycles. The highest BCUT2D eigenvalue weighted by Gasteiger charge is 2.21. The van der Waals surface area contributed by atoms with E-state index in [-0.39, 0.29) is 17.9 Å². The van der Waals surface area contributed by atoms with Crippen LogP contribution in [-0.2, 0) is 16.1 Å². The number of carbonyl (C=O) groups is 2. The number of nitrogens with one attached hydrogen (secondary N) is 1. The van der Waals surface area contributed by atoms with E-state index in [0.29, 0.717) is 10.8 Å². The Morgan fingerprint density at radius 1 is 1.15 bits per heavy atom. The molecule has 2 heterocycles. The number of benzene rings is 2. The van der Waals surface area contributed by atoms with Crippen molar-refractivity contribution in [2.45, 2.75) is 32.4 Å². The first kappa shape index (κ1) is 22.9. The zero-order chi connectivity index (χ0) is 23.0. The van der Waals surface area contributed by atoms with E-state index >= 15 is 0 Å². The minimum atomic E-state index is -0.123. The van der Waals surface area contributed by atoms with Crippen LogP contribution in [0.2, 0.25) is 0 Å². The van der Waals surface area contributed by atoms with Gasteiger partial charge in [-0.25, -0.2) is 4.98 Å². The summed E-state index contributed by atoms with van der Waals surface area (Å²) in [7, 11) is 0. The minimum Gasteiger partial charge on any atom is -0.349 e. The lowest BCUT2D eigenvalue weighted by atomic mass is 10.0. The molecule has 1 atom stereocenters. The molecule has 1 aliphatic rings. The molecule has 2 aromatic carbocycles. The first-order chi connectivity index (χ1) is 16.1. The molecule has 0 bridgehead atoms. The zero-order valence-corrected chi connectivity index (χ0v) is 19.5. The predicted molar refractivity (Wildman–Crippen MR) is 133 cm³/mol. The van der Waals surface area contributed by atoms with Gasteiger partial charge in [-0.15, -0.1) is 11.3 Å². The van der Waals surface area contributed by atoms with Crippen LogP contribution >= 0.6 is 11.3 Å². The number of anilines is 2. The summed E-state index contributed by atoms with van der Waals surface area (Å²) in [6.07, 6.45) is 5.27. The van der Waals surface area contributed by atoms with Crippen LogP contribution in [0.5, 0.6) is 0 Å². The van der Waals surface area contributed by atoms with E-state index in [1.54, 1.807) is 11.0 Å². The lowest BCUT2D eigenvalue weighted by Crippen LogP contribution is -2.46. The second-order valence-corrected chi connectivity index (χ2v) is 8.98. The summed E-state index contributed by atoms with van der Waals surface area (Å²) in [6.45, 7) is 4.31. The third kappa shape index (κ3) is 6.37. The summed E-state index contributed by atoms with van der Waals surface area (Å²) < 4.78 is 0. The van der Waals surface area contributed by atoms with Gasteiger partial charge in [-0.3, -0.25) is 19.4 Å². The number of carbonyl (C=O) groups excluding carboxylic acids is 2. The fraction of sp³-hybridized carbons (Fsp3) is 0.269. The largest absolute Gasteiger partial charge is 0.349 e. The Morgan fingerprint density at radius 3 is 2.61 bits per heavy atom. The van der Waals surface area contributed by atoms with Gasteiger partial charge < -0.3 is 5.32 Å². The highest BCUT2D eigenvalue weighted by molar-refractivity contribution is 7.14. The molecule has 170 valence electrons. The molecule has 0 spiro atoms. The van der Waals surface area contributed by atoms with Gasteiger partial charge in [0.15, 0.2) is 5.13 Å². The summed E-state index contributed by atoms with van der Waals surface area (Å²) >= 11 is 1.37. The second kappa shape index (κ2) is 11.0. The van der Waals surface area contributed by atoms with Gasteiger partial charge in [0.1, 0.15) is 0 Å². The van der Waals surface area contributed by atoms with Crippen molar-refractivity contribution in [3.63, 3.8) is 0 Å². The predicted octanol–water partition coefficient (Wildman–Crippen LogP) is 4.62. The number of hydrogen-bond donors (Lipinski definition) is 1. The Balaban J connectivity index is 1.33. The number of thiazole rings is 1. The van der Waals surface area contributed by atoms with Crippen LogP contribution in [0, 0.1) is 0 Å². The monoisotopic (exact) mass is 460 g/mol. The Bertz CT molecular complexity index is 1100. The van der Waals surface area contributed by atoms with E-state index in [0.717, 1.165) is 38.2 Å². The summed E-state index contributed by atoms with van der Waals surface area (Å²) in [5, 5.41) is 5.55. The van der Waals surface area contributed by atoms with Crippen molar-refractivity contribution in [1.29, 1.82) is 0 Å². The van der Waals surface area contributed by atoms with Gasteiger partial charge in [0.25, 0.3) is 0 Å². The van der Waals surface area contributed by atoms with Crippen molar-refractivity contribution in [1.82, 2.24) is 15.2 Å². The third-order valence-electron chi connectivity index (χ3n) is 5.54. The molecule has 1 N–H and O–H groups in total. The van der Waals surface area contributed by atoms with Gasteiger partial charge in [-0.1, -0.05) is 48.5 Å². The smallest absolute Gasteiger partial charge is 0.244 e. The van der Waals surface area contributed by atoms with Crippen LogP contribution in [0.15, 0.2) is 72.1 Å². The molecule has 6 nitrogen and oxygen atoms in total. The van der Waals surface area contributed by atoms with Gasteiger partial charge in [-0.05, 0) is 43.2 Å². The normalized spacial score (nSPS) is 16.6. The number of hydrogen-bond acceptors (Lipinski definition) is 5. The van der Waals surface area contributed by atoms with E-state index in [1.807, 2.05) is 41.8 Å². The van der Waals surface area contributed by atoms with E-state index < -0.39 is 0 Å². The number of likely N-dealkylation sites (tertiary alicyclic amines) is 1. The van der Waals surface area contributed by atoms with Crippen molar-refractivity contribution < 1.29 is 9.59 Å². The summed E-state index contributed by atoms with van der Waals surface area (Å²) in [5.41, 5.74) is 2.71. The molecule has 0 radical (unpaired) electrons. The van der Waals surface area contributed by atoms with Crippen molar-refractivity contribution in [3.8, 4) is 0 Å². The second-order valence-electron chi connectivity index (χ2n) is 8.15. The first-order valence-corrected chi connectivity index (χ1v) is 12.0. The van der Waals surface area contributed by atoms with E-state index in [4.69, 9.17) is 0 Å². The van der Waals surface area contributed by atoms with Gasteiger partial charge in [-0.2, -0.15) is 0 Å². The van der Waals surface area contributed by atoms with Crippen LogP contribution in [0.25, 0.3) is 6.08 Å². The molecular formula is C26H28N4O2S. The summed E-state index contributed by atoms with van der Waals surface area (Å²) in [6, 6.07) is 20.0. The lowest BCUT2D eigenvalue weighted by Gasteiger charge is -2.33. The number of nitrogens with zero attached hydrogens (tertiary/aromatic N) is 3. The molecule has 1 fully saturated rings. The van der Waals surface area contributed by atoms with Gasteiger partial charge >= 0.3 is 0 Å². The van der Waals surface area contributed by atoms with Gasteiger partial charge in [0, 0.05) is 37.5 Å². The maximum absolute atomic E-state index is 12.5. The van der Waals surface area contributed by atoms with Gasteiger partial charge in [0.05, 0.1) is 11.4 Å². The molecule has 3 aromatic rings. The molecule has 0 saturated carbocycles. The van der Waals surface area contributed by atoms with Crippen molar-refractivity contribution >= 4 is 40.0 Å². The lowest BCUT2D eigenvalue weighted by molar-refractivity contribution is -0.117. The quantitative estimate of drug-likeness (QED) is 0.523. The maximum atomic E-state index is 12.5. The summed E-state index contributed by atoms with van der Waals surface area (Å²) in [4.78, 5) is 33.2. The van der Waals surface area contributed by atoms with Crippen LogP contribution in [0.1, 0.15) is 31.0 Å². The molecule has 7 heteroatoms. The number of piperidine rings is 1. The number of para-hydroxylation sites is 1.